The maximum Gasteiger partial charge on any atom is 0.257 e. The lowest BCUT2D eigenvalue weighted by Gasteiger charge is -2.09. The summed E-state index contributed by atoms with van der Waals surface area (Å²) < 4.78 is 15.5. The van der Waals surface area contributed by atoms with Crippen molar-refractivity contribution in [2.45, 2.75) is 13.5 Å². The number of hydrogen-bond donors (Lipinski definition) is 1. The molecule has 0 bridgehead atoms. The highest BCUT2D eigenvalue weighted by molar-refractivity contribution is 6.33. The first kappa shape index (κ1) is 22.7. The van der Waals surface area contributed by atoms with Crippen LogP contribution in [0.4, 0.5) is 10.2 Å². The number of hydrogen-bond acceptors (Lipinski definition) is 3. The van der Waals surface area contributed by atoms with Crippen LogP contribution < -0.4 is 5.32 Å². The van der Waals surface area contributed by atoms with Gasteiger partial charge in [-0.05, 0) is 25.1 Å². The zero-order valence-corrected chi connectivity index (χ0v) is 19.0. The van der Waals surface area contributed by atoms with E-state index in [1.807, 2.05) is 19.1 Å². The molecule has 5 nitrogen and oxygen atoms in total. The van der Waals surface area contributed by atoms with E-state index in [0.29, 0.717) is 5.56 Å². The number of nitrogens with zero attached hydrogens (tertiary/aromatic N) is 2. The Balaban J connectivity index is 1.57. The van der Waals surface area contributed by atoms with Gasteiger partial charge in [0.1, 0.15) is 10.8 Å². The van der Waals surface area contributed by atoms with Crippen LogP contribution in [0.5, 0.6) is 0 Å². The second kappa shape index (κ2) is 9.57. The lowest BCUT2D eigenvalue weighted by atomic mass is 9.97. The first-order valence-electron chi connectivity index (χ1n) is 10.0. The fourth-order valence-corrected chi connectivity index (χ4v) is 3.74. The van der Waals surface area contributed by atoms with Gasteiger partial charge in [-0.15, -0.1) is 0 Å². The summed E-state index contributed by atoms with van der Waals surface area (Å²) in [6.07, 6.45) is 1.46. The number of aromatic nitrogens is 2. The molecule has 1 N–H and O–H groups in total. The summed E-state index contributed by atoms with van der Waals surface area (Å²) in [5, 5.41) is 7.30. The summed E-state index contributed by atoms with van der Waals surface area (Å²) in [6.45, 7) is 1.96. The zero-order valence-electron chi connectivity index (χ0n) is 17.5. The standard InChI is InChI=1S/C25H18Cl2FN3O2/c1-15-9-11-16(12-10-15)23(32)17-5-2-3-6-18(17)25(33)29-24-21(27)14-31(30-24)13-19-20(26)7-4-8-22(19)28/h2-12,14H,13H2,1H3,(H,29,30,33). The number of carbonyl (C=O) groups excluding carboxylic acids is 2. The zero-order chi connectivity index (χ0) is 23.5. The molecule has 4 rings (SSSR count). The Kier molecular flexibility index (Phi) is 6.58. The number of anilines is 1. The fourth-order valence-electron chi connectivity index (χ4n) is 3.32. The fraction of sp³-hybridized carbons (Fsp3) is 0.0800. The van der Waals surface area contributed by atoms with E-state index in [2.05, 4.69) is 10.4 Å². The third-order valence-electron chi connectivity index (χ3n) is 5.06. The Bertz CT molecular complexity index is 1330. The number of rotatable bonds is 6. The van der Waals surface area contributed by atoms with Crippen molar-refractivity contribution in [1.82, 2.24) is 9.78 Å². The van der Waals surface area contributed by atoms with Crippen molar-refractivity contribution < 1.29 is 14.0 Å². The Labute approximate surface area is 199 Å². The van der Waals surface area contributed by atoms with Gasteiger partial charge < -0.3 is 5.32 Å². The summed E-state index contributed by atoms with van der Waals surface area (Å²) in [7, 11) is 0. The summed E-state index contributed by atoms with van der Waals surface area (Å²) >= 11 is 12.3. The van der Waals surface area contributed by atoms with Crippen LogP contribution in [0.15, 0.2) is 72.9 Å². The van der Waals surface area contributed by atoms with Crippen molar-refractivity contribution in [3.8, 4) is 0 Å². The summed E-state index contributed by atoms with van der Waals surface area (Å²) in [5.41, 5.74) is 2.20. The van der Waals surface area contributed by atoms with Crippen LogP contribution in [0.3, 0.4) is 0 Å². The van der Waals surface area contributed by atoms with Gasteiger partial charge in [0.2, 0.25) is 0 Å². The summed E-state index contributed by atoms with van der Waals surface area (Å²) in [5.74, 6) is -1.19. The molecule has 0 saturated carbocycles. The number of carbonyl (C=O) groups is 2. The third-order valence-corrected chi connectivity index (χ3v) is 5.69. The Morgan fingerprint density at radius 1 is 0.939 bits per heavy atom. The van der Waals surface area contributed by atoms with Gasteiger partial charge in [-0.2, -0.15) is 5.10 Å². The molecule has 0 spiro atoms. The van der Waals surface area contributed by atoms with E-state index in [4.69, 9.17) is 23.2 Å². The quantitative estimate of drug-likeness (QED) is 0.335. The molecule has 0 fully saturated rings. The van der Waals surface area contributed by atoms with Gasteiger partial charge >= 0.3 is 0 Å². The molecular weight excluding hydrogens is 464 g/mol. The highest BCUT2D eigenvalue weighted by atomic mass is 35.5. The number of benzene rings is 3. The molecule has 0 aliphatic carbocycles. The predicted octanol–water partition coefficient (Wildman–Crippen LogP) is 6.17. The predicted molar refractivity (Wildman–Crippen MR) is 127 cm³/mol. The van der Waals surface area contributed by atoms with Crippen LogP contribution in [0.25, 0.3) is 0 Å². The highest BCUT2D eigenvalue weighted by Crippen LogP contribution is 2.25. The first-order valence-corrected chi connectivity index (χ1v) is 10.8. The van der Waals surface area contributed by atoms with E-state index in [1.165, 1.54) is 23.0 Å². The second-order valence-electron chi connectivity index (χ2n) is 7.42. The molecule has 0 atom stereocenters. The van der Waals surface area contributed by atoms with E-state index < -0.39 is 11.7 Å². The van der Waals surface area contributed by atoms with Gasteiger partial charge in [-0.1, -0.05) is 77.3 Å². The number of aryl methyl sites for hydroxylation is 1. The van der Waals surface area contributed by atoms with Crippen LogP contribution in [0.1, 0.15) is 37.4 Å². The monoisotopic (exact) mass is 481 g/mol. The largest absolute Gasteiger partial charge is 0.304 e. The smallest absolute Gasteiger partial charge is 0.257 e. The summed E-state index contributed by atoms with van der Waals surface area (Å²) in [4.78, 5) is 26.0. The van der Waals surface area contributed by atoms with E-state index in [1.54, 1.807) is 42.5 Å². The van der Waals surface area contributed by atoms with Crippen LogP contribution in [-0.4, -0.2) is 21.5 Å². The maximum absolute atomic E-state index is 14.1. The van der Waals surface area contributed by atoms with Crippen molar-refractivity contribution in [3.05, 3.63) is 117 Å². The maximum atomic E-state index is 14.1. The SMILES string of the molecule is Cc1ccc(C(=O)c2ccccc2C(=O)Nc2nn(Cc3c(F)cccc3Cl)cc2Cl)cc1. The lowest BCUT2D eigenvalue weighted by Crippen LogP contribution is -2.17. The normalized spacial score (nSPS) is 10.8. The molecule has 1 heterocycles. The van der Waals surface area contributed by atoms with Gasteiger partial charge in [0.05, 0.1) is 12.1 Å². The molecule has 0 unspecified atom stereocenters. The Morgan fingerprint density at radius 3 is 2.33 bits per heavy atom. The van der Waals surface area contributed by atoms with E-state index >= 15 is 0 Å². The molecule has 4 aromatic rings. The van der Waals surface area contributed by atoms with E-state index in [9.17, 15) is 14.0 Å². The van der Waals surface area contributed by atoms with Crippen molar-refractivity contribution >= 4 is 40.7 Å². The van der Waals surface area contributed by atoms with Gasteiger partial charge in [-0.3, -0.25) is 14.3 Å². The molecule has 0 aliphatic heterocycles. The average molecular weight is 482 g/mol. The van der Waals surface area contributed by atoms with Crippen LogP contribution >= 0.6 is 23.2 Å². The van der Waals surface area contributed by atoms with Crippen molar-refractivity contribution in [3.63, 3.8) is 0 Å². The molecular formula is C25H18Cl2FN3O2. The minimum absolute atomic E-state index is 0.0313. The van der Waals surface area contributed by atoms with Crippen molar-refractivity contribution in [2.24, 2.45) is 0 Å². The van der Waals surface area contributed by atoms with Gasteiger partial charge in [0, 0.05) is 27.9 Å². The lowest BCUT2D eigenvalue weighted by molar-refractivity contribution is 0.0996. The molecule has 0 saturated heterocycles. The van der Waals surface area contributed by atoms with Crippen LogP contribution in [-0.2, 0) is 6.54 Å². The average Bonchev–Trinajstić information content (AvgIpc) is 3.15. The molecule has 166 valence electrons. The van der Waals surface area contributed by atoms with Crippen LogP contribution in [0, 0.1) is 12.7 Å². The Hall–Kier alpha value is -3.48. The van der Waals surface area contributed by atoms with Gasteiger partial charge in [0.25, 0.3) is 5.91 Å². The minimum atomic E-state index is -0.540. The van der Waals surface area contributed by atoms with Gasteiger partial charge in [0.15, 0.2) is 11.6 Å². The minimum Gasteiger partial charge on any atom is -0.304 e. The number of ketones is 1. The third kappa shape index (κ3) is 4.97. The molecule has 0 aliphatic rings. The molecule has 1 amide bonds. The van der Waals surface area contributed by atoms with E-state index in [0.717, 1.165) is 5.56 Å². The highest BCUT2D eigenvalue weighted by Gasteiger charge is 2.20. The van der Waals surface area contributed by atoms with Crippen molar-refractivity contribution in [1.29, 1.82) is 0 Å². The molecule has 33 heavy (non-hydrogen) atoms. The number of halogens is 3. The molecule has 3 aromatic carbocycles. The van der Waals surface area contributed by atoms with Crippen molar-refractivity contribution in [2.75, 3.05) is 5.32 Å². The van der Waals surface area contributed by atoms with Crippen LogP contribution in [0.2, 0.25) is 10.0 Å². The summed E-state index contributed by atoms with van der Waals surface area (Å²) in [6, 6.07) is 18.0. The second-order valence-corrected chi connectivity index (χ2v) is 8.23. The first-order chi connectivity index (χ1) is 15.8. The topological polar surface area (TPSA) is 64.0 Å². The molecule has 0 radical (unpaired) electrons. The Morgan fingerprint density at radius 2 is 1.64 bits per heavy atom. The molecule has 1 aromatic heterocycles. The van der Waals surface area contributed by atoms with E-state index in [-0.39, 0.29) is 44.9 Å². The molecule has 8 heteroatoms. The van der Waals surface area contributed by atoms with Gasteiger partial charge in [-0.25, -0.2) is 4.39 Å². The number of nitrogens with one attached hydrogen (secondary N) is 1. The number of amides is 1.